The van der Waals surface area contributed by atoms with Gasteiger partial charge in [-0.1, -0.05) is 41.9 Å². The maximum atomic E-state index is 14.0. The Labute approximate surface area is 280 Å². The number of nitrogens with zero attached hydrogens (tertiary/aromatic N) is 5. The molecule has 4 N–H and O–H groups in total. The van der Waals surface area contributed by atoms with Gasteiger partial charge in [0.1, 0.15) is 11.8 Å². The van der Waals surface area contributed by atoms with Crippen molar-refractivity contribution in [2.45, 2.75) is 70.7 Å². The molecule has 0 aliphatic heterocycles. The summed E-state index contributed by atoms with van der Waals surface area (Å²) in [5.41, 5.74) is 8.03. The van der Waals surface area contributed by atoms with E-state index < -0.39 is 18.0 Å². The van der Waals surface area contributed by atoms with Crippen LogP contribution >= 0.6 is 11.6 Å². The highest BCUT2D eigenvalue weighted by Crippen LogP contribution is 2.51. The van der Waals surface area contributed by atoms with E-state index in [1.165, 1.54) is 19.4 Å². The van der Waals surface area contributed by atoms with Gasteiger partial charge >= 0.3 is 0 Å². The van der Waals surface area contributed by atoms with Crippen LogP contribution in [0.1, 0.15) is 63.1 Å². The molecule has 2 aliphatic carbocycles. The van der Waals surface area contributed by atoms with Crippen LogP contribution in [0.4, 0.5) is 5.69 Å². The van der Waals surface area contributed by atoms with E-state index in [0.717, 1.165) is 31.2 Å². The van der Waals surface area contributed by atoms with Crippen molar-refractivity contribution in [1.29, 1.82) is 0 Å². The van der Waals surface area contributed by atoms with Crippen molar-refractivity contribution in [3.8, 4) is 5.88 Å². The zero-order valence-corrected chi connectivity index (χ0v) is 27.8. The zero-order chi connectivity index (χ0) is 33.3. The fourth-order valence-corrected chi connectivity index (χ4v) is 6.10. The van der Waals surface area contributed by atoms with Crippen molar-refractivity contribution in [2.75, 3.05) is 19.0 Å². The number of benzene rings is 1. The van der Waals surface area contributed by atoms with Crippen LogP contribution in [-0.2, 0) is 20.9 Å². The minimum Gasteiger partial charge on any atom is -0.480 e. The van der Waals surface area contributed by atoms with Crippen molar-refractivity contribution >= 4 is 34.8 Å². The summed E-state index contributed by atoms with van der Waals surface area (Å²) in [7, 11) is 1.52. The molecule has 2 fully saturated rings. The average Bonchev–Trinajstić information content (AvgIpc) is 4.00. The molecule has 12 nitrogen and oxygen atoms in total. The van der Waals surface area contributed by atoms with Gasteiger partial charge in [0.05, 0.1) is 31.6 Å². The van der Waals surface area contributed by atoms with Crippen LogP contribution in [0.5, 0.6) is 5.88 Å². The summed E-state index contributed by atoms with van der Waals surface area (Å²) in [6.45, 7) is 4.62. The molecule has 2 aliphatic rings. The van der Waals surface area contributed by atoms with Gasteiger partial charge in [0.15, 0.2) is 5.15 Å². The molecule has 0 bridgehead atoms. The van der Waals surface area contributed by atoms with Crippen molar-refractivity contribution in [1.82, 2.24) is 25.3 Å². The minimum absolute atomic E-state index is 0.0416. The number of aromatic nitrogens is 4. The number of hydrogen-bond acceptors (Lipinski definition) is 9. The Kier molecular flexibility index (Phi) is 11.6. The van der Waals surface area contributed by atoms with Gasteiger partial charge < -0.3 is 25.8 Å². The number of anilines is 1. The van der Waals surface area contributed by atoms with Gasteiger partial charge in [0.2, 0.25) is 11.8 Å². The lowest BCUT2D eigenvalue weighted by molar-refractivity contribution is -0.124. The molecule has 2 atom stereocenters. The standard InChI is InChI=1S/C34H43ClN8O4/c1-21(2)38-27(13-15-36)32(44)40-31(30(23-9-10-23)24-11-12-24)33(45)39-25-18-37-43(19-25)28(26-17-29(35)41-42-34(26)46-3)14-16-47-20-22-7-5-4-6-8-22/h4-8,13,15,17-19,21,23-24,28,30-31H,9-12,14,16,20,36H2,1-3H3,(H,39,45)(H,40,44). The quantitative estimate of drug-likeness (QED) is 0.138. The number of methoxy groups -OCH3 is 1. The molecule has 3 aromatic rings. The Balaban J connectivity index is 1.36. The summed E-state index contributed by atoms with van der Waals surface area (Å²) in [5.74, 6) is 0.430. The summed E-state index contributed by atoms with van der Waals surface area (Å²) < 4.78 is 13.2. The predicted molar refractivity (Wildman–Crippen MR) is 180 cm³/mol. The van der Waals surface area contributed by atoms with Crippen molar-refractivity contribution in [3.05, 3.63) is 77.3 Å². The lowest BCUT2D eigenvalue weighted by Gasteiger charge is -2.27. The van der Waals surface area contributed by atoms with Crippen LogP contribution < -0.4 is 21.1 Å². The number of carbonyl (C=O) groups is 2. The third kappa shape index (κ3) is 9.39. The third-order valence-electron chi connectivity index (χ3n) is 8.32. The lowest BCUT2D eigenvalue weighted by Crippen LogP contribution is -2.51. The molecule has 47 heavy (non-hydrogen) atoms. The average molecular weight is 663 g/mol. The summed E-state index contributed by atoms with van der Waals surface area (Å²) in [6, 6.07) is 10.4. The molecule has 0 radical (unpaired) electrons. The molecule has 1 aromatic carbocycles. The molecule has 2 aromatic heterocycles. The molecule has 0 saturated heterocycles. The Morgan fingerprint density at radius 3 is 2.51 bits per heavy atom. The monoisotopic (exact) mass is 662 g/mol. The van der Waals surface area contributed by atoms with E-state index in [0.29, 0.717) is 48.6 Å². The maximum absolute atomic E-state index is 14.0. The minimum atomic E-state index is -0.736. The Morgan fingerprint density at radius 2 is 1.87 bits per heavy atom. The van der Waals surface area contributed by atoms with Crippen molar-refractivity contribution < 1.29 is 19.1 Å². The first-order chi connectivity index (χ1) is 22.8. The van der Waals surface area contributed by atoms with Crippen LogP contribution in [0.3, 0.4) is 0 Å². The second kappa shape index (κ2) is 16.0. The third-order valence-corrected chi connectivity index (χ3v) is 8.50. The van der Waals surface area contributed by atoms with E-state index in [-0.39, 0.29) is 28.7 Å². The van der Waals surface area contributed by atoms with E-state index >= 15 is 0 Å². The molecule has 0 spiro atoms. The second-order valence-electron chi connectivity index (χ2n) is 12.3. The number of ether oxygens (including phenoxy) is 2. The molecule has 5 rings (SSSR count). The van der Waals surface area contributed by atoms with Gasteiger partial charge in [-0.2, -0.15) is 5.10 Å². The first-order valence-electron chi connectivity index (χ1n) is 16.1. The summed E-state index contributed by atoms with van der Waals surface area (Å²) in [4.78, 5) is 31.8. The van der Waals surface area contributed by atoms with Crippen LogP contribution in [0.25, 0.3) is 0 Å². The van der Waals surface area contributed by atoms with Crippen molar-refractivity contribution in [2.24, 2.45) is 28.5 Å². The molecule has 250 valence electrons. The van der Waals surface area contributed by atoms with Gasteiger partial charge in [-0.05, 0) is 87.6 Å². The van der Waals surface area contributed by atoms with Gasteiger partial charge in [-0.15, -0.1) is 10.2 Å². The van der Waals surface area contributed by atoms with Gasteiger partial charge in [0, 0.05) is 24.4 Å². The molecular weight excluding hydrogens is 620 g/mol. The van der Waals surface area contributed by atoms with Gasteiger partial charge in [-0.3, -0.25) is 19.3 Å². The second-order valence-corrected chi connectivity index (χ2v) is 12.7. The molecule has 2 saturated carbocycles. The zero-order valence-electron chi connectivity index (χ0n) is 27.0. The molecule has 2 amide bonds. The van der Waals surface area contributed by atoms with E-state index in [2.05, 4.69) is 30.9 Å². The molecule has 2 unspecified atom stereocenters. The lowest BCUT2D eigenvalue weighted by atomic mass is 9.88. The predicted octanol–water partition coefficient (Wildman–Crippen LogP) is 4.71. The maximum Gasteiger partial charge on any atom is 0.270 e. The van der Waals surface area contributed by atoms with E-state index in [4.69, 9.17) is 26.8 Å². The van der Waals surface area contributed by atoms with E-state index in [1.54, 1.807) is 23.1 Å². The number of amides is 2. The normalized spacial score (nSPS) is 16.4. The largest absolute Gasteiger partial charge is 0.480 e. The Bertz CT molecular complexity index is 1560. The van der Waals surface area contributed by atoms with Crippen LogP contribution in [0.15, 0.2) is 66.1 Å². The summed E-state index contributed by atoms with van der Waals surface area (Å²) >= 11 is 6.26. The summed E-state index contributed by atoms with van der Waals surface area (Å²) in [5, 5.41) is 18.9. The number of hydrogen-bond donors (Lipinski definition) is 3. The van der Waals surface area contributed by atoms with E-state index in [1.807, 2.05) is 44.2 Å². The van der Waals surface area contributed by atoms with Crippen LogP contribution in [-0.4, -0.2) is 63.3 Å². The molecular formula is C34H43ClN8O4. The van der Waals surface area contributed by atoms with E-state index in [9.17, 15) is 9.59 Å². The number of nitrogens with two attached hydrogens (primary N) is 1. The fourth-order valence-electron chi connectivity index (χ4n) is 5.94. The number of carbonyl (C=O) groups excluding carboxylic acids is 2. The number of rotatable bonds is 17. The summed E-state index contributed by atoms with van der Waals surface area (Å²) in [6.07, 6.45) is 10.8. The topological polar surface area (TPSA) is 159 Å². The number of nitrogens with one attached hydrogen (secondary N) is 2. The molecule has 2 heterocycles. The Hall–Kier alpha value is -4.29. The molecule has 13 heteroatoms. The highest BCUT2D eigenvalue weighted by Gasteiger charge is 2.48. The van der Waals surface area contributed by atoms with Gasteiger partial charge in [-0.25, -0.2) is 0 Å². The van der Waals surface area contributed by atoms with Crippen LogP contribution in [0.2, 0.25) is 5.15 Å². The van der Waals surface area contributed by atoms with Crippen LogP contribution in [0, 0.1) is 17.8 Å². The first kappa shape index (κ1) is 34.1. The number of halogens is 1. The fraction of sp³-hybridized carbons (Fsp3) is 0.471. The smallest absolute Gasteiger partial charge is 0.270 e. The van der Waals surface area contributed by atoms with Crippen molar-refractivity contribution in [3.63, 3.8) is 0 Å². The van der Waals surface area contributed by atoms with Gasteiger partial charge in [0.25, 0.3) is 5.91 Å². The Morgan fingerprint density at radius 1 is 1.15 bits per heavy atom. The SMILES string of the molecule is COc1nnc(Cl)cc1C(CCOCc1ccccc1)n1cc(NC(=O)C(NC(=O)C(C=CN)=NC(C)C)C(C2CC2)C2CC2)cn1. The highest BCUT2D eigenvalue weighted by atomic mass is 35.5. The highest BCUT2D eigenvalue weighted by molar-refractivity contribution is 6.43. The first-order valence-corrected chi connectivity index (χ1v) is 16.5. The number of aliphatic imine (C=N–C) groups is 1.